The molecule has 0 aliphatic heterocycles. The SMILES string of the molecule is Cc1ccc(N(c2ccc(C(C)(C)C)cc2)c2ccc(C(C)(C)C)cc2)cc1N(c1cccc(N(c2ccc(C(C)(C)C)cc2)c2c(I)sc3cc4c(cc23)-c2ccccc2C4(C)C)c1C)c1cccc2sc3ccccc3c12. The summed E-state index contributed by atoms with van der Waals surface area (Å²) in [5.74, 6) is 0. The fourth-order valence-corrected chi connectivity index (χ4v) is 15.3. The monoisotopic (exact) mass is 1180 g/mol. The number of nitrogens with zero attached hydrogens (tertiary/aromatic N) is 3. The van der Waals surface area contributed by atoms with Crippen molar-refractivity contribution in [3.63, 3.8) is 0 Å². The molecule has 2 aromatic heterocycles. The third kappa shape index (κ3) is 9.26. The highest BCUT2D eigenvalue weighted by molar-refractivity contribution is 14.1. The van der Waals surface area contributed by atoms with Gasteiger partial charge in [-0.1, -0.05) is 173 Å². The summed E-state index contributed by atoms with van der Waals surface area (Å²) in [5.41, 5.74) is 21.9. The van der Waals surface area contributed by atoms with Crippen LogP contribution in [-0.2, 0) is 21.7 Å². The lowest BCUT2D eigenvalue weighted by molar-refractivity contribution is 0.590. The summed E-state index contributed by atoms with van der Waals surface area (Å²) in [4.78, 5) is 7.58. The summed E-state index contributed by atoms with van der Waals surface area (Å²) in [7, 11) is 0. The molecule has 12 rings (SSSR count). The summed E-state index contributed by atoms with van der Waals surface area (Å²) in [6.45, 7) is 30.0. The van der Waals surface area contributed by atoms with Crippen LogP contribution in [-0.4, -0.2) is 0 Å². The Morgan fingerprint density at radius 1 is 0.392 bits per heavy atom. The molecule has 3 nitrogen and oxygen atoms in total. The fourth-order valence-electron chi connectivity index (χ4n) is 12.0. The Kier molecular flexibility index (Phi) is 13.1. The zero-order valence-corrected chi connectivity index (χ0v) is 51.7. The molecular weight excluding hydrogens is 1110 g/mol. The quantitative estimate of drug-likeness (QED) is 0.133. The molecule has 0 atom stereocenters. The first-order chi connectivity index (χ1) is 37.6. The van der Waals surface area contributed by atoms with Gasteiger partial charge in [0, 0.05) is 58.4 Å². The standard InChI is InChI=1S/C73H70IN3S2/c1-45-28-35-53(75(50-36-29-47(30-37-50)70(3,4)5)51-38-31-48(32-39-51)71(6,7)8)42-63(45)77(62-25-19-27-65-67(62)55-21-15-17-26-64(55)78-65)61-24-18-23-60(46(61)2)76(52-40-33-49(34-41-52)72(9,10)11)68-57-43-56-54-20-14-16-22-58(54)73(12,13)59(56)44-66(57)79-69(68)74/h14-44H,1-13H3. The van der Waals surface area contributed by atoms with E-state index in [-0.39, 0.29) is 21.7 Å². The molecule has 0 spiro atoms. The number of rotatable bonds is 9. The summed E-state index contributed by atoms with van der Waals surface area (Å²) >= 11 is 6.40. The minimum Gasteiger partial charge on any atom is -0.310 e. The van der Waals surface area contributed by atoms with Gasteiger partial charge in [-0.25, -0.2) is 0 Å². The van der Waals surface area contributed by atoms with E-state index < -0.39 is 0 Å². The molecule has 11 aromatic rings. The van der Waals surface area contributed by atoms with Gasteiger partial charge >= 0.3 is 0 Å². The van der Waals surface area contributed by atoms with Crippen molar-refractivity contribution in [3.8, 4) is 11.1 Å². The molecule has 6 heteroatoms. The molecule has 79 heavy (non-hydrogen) atoms. The van der Waals surface area contributed by atoms with E-state index in [9.17, 15) is 0 Å². The van der Waals surface area contributed by atoms with Crippen LogP contribution in [0.3, 0.4) is 0 Å². The number of thiophene rings is 2. The van der Waals surface area contributed by atoms with E-state index in [0.717, 1.165) is 45.5 Å². The number of hydrogen-bond acceptors (Lipinski definition) is 5. The first-order valence-electron chi connectivity index (χ1n) is 27.8. The Hall–Kier alpha value is -6.71. The summed E-state index contributed by atoms with van der Waals surface area (Å²) in [6.07, 6.45) is 0. The van der Waals surface area contributed by atoms with Crippen molar-refractivity contribution in [2.45, 2.75) is 112 Å². The van der Waals surface area contributed by atoms with Crippen molar-refractivity contribution in [1.82, 2.24) is 0 Å². The van der Waals surface area contributed by atoms with E-state index in [0.29, 0.717) is 0 Å². The number of fused-ring (bicyclic) bond motifs is 7. The van der Waals surface area contributed by atoms with E-state index in [1.165, 1.54) is 88.9 Å². The largest absolute Gasteiger partial charge is 0.310 e. The first-order valence-corrected chi connectivity index (χ1v) is 30.5. The van der Waals surface area contributed by atoms with E-state index in [4.69, 9.17) is 0 Å². The Labute approximate surface area is 490 Å². The molecule has 0 saturated carbocycles. The Morgan fingerprint density at radius 2 is 0.899 bits per heavy atom. The van der Waals surface area contributed by atoms with Crippen LogP contribution in [0.1, 0.15) is 115 Å². The number of anilines is 9. The van der Waals surface area contributed by atoms with Gasteiger partial charge in [0.05, 0.1) is 31.3 Å². The van der Waals surface area contributed by atoms with Crippen LogP contribution < -0.4 is 14.7 Å². The smallest absolute Gasteiger partial charge is 0.0906 e. The summed E-state index contributed by atoms with van der Waals surface area (Å²) in [5, 5.41) is 3.80. The maximum absolute atomic E-state index is 2.63. The van der Waals surface area contributed by atoms with E-state index >= 15 is 0 Å². The van der Waals surface area contributed by atoms with Crippen LogP contribution >= 0.6 is 45.3 Å². The molecule has 1 aliphatic rings. The summed E-state index contributed by atoms with van der Waals surface area (Å²) in [6, 6.07) is 71.6. The maximum Gasteiger partial charge on any atom is 0.0906 e. The number of aryl methyl sites for hydroxylation is 1. The maximum atomic E-state index is 2.63. The van der Waals surface area contributed by atoms with Crippen molar-refractivity contribution in [2.75, 3.05) is 14.7 Å². The molecule has 0 amide bonds. The highest BCUT2D eigenvalue weighted by Gasteiger charge is 2.37. The molecule has 0 N–H and O–H groups in total. The van der Waals surface area contributed by atoms with Crippen LogP contribution in [0.15, 0.2) is 188 Å². The molecule has 2 heterocycles. The molecular formula is C73H70IN3S2. The van der Waals surface area contributed by atoms with Gasteiger partial charge < -0.3 is 14.7 Å². The van der Waals surface area contributed by atoms with Gasteiger partial charge in [-0.3, -0.25) is 0 Å². The third-order valence-electron chi connectivity index (χ3n) is 16.6. The highest BCUT2D eigenvalue weighted by atomic mass is 127. The average Bonchev–Trinajstić information content (AvgIpc) is 4.26. The van der Waals surface area contributed by atoms with E-state index in [1.54, 1.807) is 0 Å². The van der Waals surface area contributed by atoms with Crippen LogP contribution in [0.2, 0.25) is 0 Å². The van der Waals surface area contributed by atoms with Gasteiger partial charge in [-0.05, 0) is 194 Å². The molecule has 0 unspecified atom stereocenters. The Bertz CT molecular complexity index is 4080. The fraction of sp³-hybridized carbons (Fsp3) is 0.233. The van der Waals surface area contributed by atoms with Crippen molar-refractivity contribution >= 4 is 127 Å². The van der Waals surface area contributed by atoms with Gasteiger partial charge in [0.25, 0.3) is 0 Å². The van der Waals surface area contributed by atoms with Crippen molar-refractivity contribution in [2.24, 2.45) is 0 Å². The molecule has 9 aromatic carbocycles. The third-order valence-corrected chi connectivity index (χ3v) is 19.8. The Balaban J connectivity index is 1.11. The van der Waals surface area contributed by atoms with E-state index in [1.807, 2.05) is 22.7 Å². The van der Waals surface area contributed by atoms with Crippen molar-refractivity contribution in [1.29, 1.82) is 0 Å². The molecule has 0 radical (unpaired) electrons. The molecule has 396 valence electrons. The van der Waals surface area contributed by atoms with Crippen LogP contribution in [0.4, 0.5) is 51.2 Å². The summed E-state index contributed by atoms with van der Waals surface area (Å²) < 4.78 is 5.11. The minimum absolute atomic E-state index is 0.00449. The second kappa shape index (κ2) is 19.5. The van der Waals surface area contributed by atoms with Crippen LogP contribution in [0, 0.1) is 16.7 Å². The molecule has 0 saturated heterocycles. The molecule has 1 aliphatic carbocycles. The number of hydrogen-bond donors (Lipinski definition) is 0. The predicted molar refractivity (Wildman–Crippen MR) is 355 cm³/mol. The van der Waals surface area contributed by atoms with E-state index in [2.05, 4.69) is 315 Å². The number of benzene rings is 9. The lowest BCUT2D eigenvalue weighted by atomic mass is 9.82. The normalized spacial score (nSPS) is 13.3. The molecule has 0 fully saturated rings. The van der Waals surface area contributed by atoms with Crippen molar-refractivity contribution < 1.29 is 0 Å². The minimum atomic E-state index is -0.0938. The van der Waals surface area contributed by atoms with Gasteiger partial charge in [0.2, 0.25) is 0 Å². The van der Waals surface area contributed by atoms with Gasteiger partial charge in [0.1, 0.15) is 0 Å². The van der Waals surface area contributed by atoms with Gasteiger partial charge in [0.15, 0.2) is 0 Å². The first kappa shape index (κ1) is 53.0. The van der Waals surface area contributed by atoms with Crippen LogP contribution in [0.25, 0.3) is 41.4 Å². The molecule has 0 bridgehead atoms. The van der Waals surface area contributed by atoms with Crippen LogP contribution in [0.5, 0.6) is 0 Å². The predicted octanol–water partition coefficient (Wildman–Crippen LogP) is 23.1. The number of halogens is 1. The zero-order chi connectivity index (χ0) is 55.5. The zero-order valence-electron chi connectivity index (χ0n) is 47.9. The second-order valence-electron chi connectivity index (χ2n) is 25.3. The average molecular weight is 1180 g/mol. The lowest BCUT2D eigenvalue weighted by Crippen LogP contribution is -2.18. The van der Waals surface area contributed by atoms with Gasteiger partial charge in [-0.15, -0.1) is 22.7 Å². The van der Waals surface area contributed by atoms with Crippen molar-refractivity contribution in [3.05, 3.63) is 230 Å². The van der Waals surface area contributed by atoms with Gasteiger partial charge in [-0.2, -0.15) is 0 Å². The topological polar surface area (TPSA) is 9.72 Å². The Morgan fingerprint density at radius 3 is 1.51 bits per heavy atom. The second-order valence-corrected chi connectivity index (χ2v) is 29.3. The highest BCUT2D eigenvalue weighted by Crippen LogP contribution is 2.56. The lowest BCUT2D eigenvalue weighted by Gasteiger charge is -2.34.